The summed E-state index contributed by atoms with van der Waals surface area (Å²) in [6.07, 6.45) is 3.10. The Morgan fingerprint density at radius 2 is 1.92 bits per heavy atom. The van der Waals surface area contributed by atoms with Crippen LogP contribution in [0.3, 0.4) is 0 Å². The molecule has 1 aromatic heterocycles. The Kier molecular flexibility index (Phi) is 7.97. The smallest absolute Gasteiger partial charge is 0.338 e. The van der Waals surface area contributed by atoms with Crippen LogP contribution in [0.4, 0.5) is 0 Å². The molecular formula is C29H32N2O5S. The molecule has 3 aromatic rings. The molecule has 1 N–H and O–H groups in total. The van der Waals surface area contributed by atoms with E-state index in [2.05, 4.69) is 13.8 Å². The van der Waals surface area contributed by atoms with Gasteiger partial charge in [-0.25, -0.2) is 9.79 Å². The van der Waals surface area contributed by atoms with Gasteiger partial charge in [0.1, 0.15) is 0 Å². The molecule has 1 aliphatic rings. The number of phenolic OH excluding ortho intramolecular Hbond substituents is 1. The van der Waals surface area contributed by atoms with Gasteiger partial charge in [0.05, 0.1) is 35.6 Å². The second kappa shape index (κ2) is 11.2. The van der Waals surface area contributed by atoms with E-state index in [0.717, 1.165) is 12.0 Å². The number of benzene rings is 2. The average Bonchev–Trinajstić information content (AvgIpc) is 3.18. The number of carbonyl (C=O) groups is 1. The van der Waals surface area contributed by atoms with Crippen LogP contribution in [0.2, 0.25) is 0 Å². The molecule has 37 heavy (non-hydrogen) atoms. The van der Waals surface area contributed by atoms with Crippen LogP contribution < -0.4 is 19.6 Å². The molecular weight excluding hydrogens is 488 g/mol. The second-order valence-electron chi connectivity index (χ2n) is 9.17. The van der Waals surface area contributed by atoms with E-state index >= 15 is 0 Å². The predicted octanol–water partition coefficient (Wildman–Crippen LogP) is 4.42. The van der Waals surface area contributed by atoms with E-state index in [1.807, 2.05) is 31.2 Å². The second-order valence-corrected chi connectivity index (χ2v) is 10.2. The van der Waals surface area contributed by atoms with E-state index in [9.17, 15) is 14.7 Å². The third-order valence-corrected chi connectivity index (χ3v) is 7.29. The van der Waals surface area contributed by atoms with Crippen LogP contribution in [-0.4, -0.2) is 29.4 Å². The average molecular weight is 521 g/mol. The minimum atomic E-state index is -0.649. The molecule has 0 spiro atoms. The Balaban J connectivity index is 1.96. The van der Waals surface area contributed by atoms with Gasteiger partial charge in [0.15, 0.2) is 16.3 Å². The number of aromatic nitrogens is 1. The van der Waals surface area contributed by atoms with E-state index in [1.54, 1.807) is 35.8 Å². The number of allylic oxidation sites excluding steroid dienone is 1. The first-order chi connectivity index (χ1) is 17.8. The quantitative estimate of drug-likeness (QED) is 0.444. The van der Waals surface area contributed by atoms with Crippen molar-refractivity contribution in [2.45, 2.75) is 52.5 Å². The van der Waals surface area contributed by atoms with E-state index in [4.69, 9.17) is 14.5 Å². The lowest BCUT2D eigenvalue weighted by molar-refractivity contribution is -0.139. The maximum atomic E-state index is 13.8. The number of esters is 1. The van der Waals surface area contributed by atoms with Crippen LogP contribution in [-0.2, 0) is 9.53 Å². The van der Waals surface area contributed by atoms with Crippen LogP contribution in [0.5, 0.6) is 11.5 Å². The molecule has 0 radical (unpaired) electrons. The topological polar surface area (TPSA) is 90.1 Å². The van der Waals surface area contributed by atoms with Gasteiger partial charge in [-0.1, -0.05) is 68.9 Å². The van der Waals surface area contributed by atoms with Gasteiger partial charge >= 0.3 is 5.97 Å². The third-order valence-electron chi connectivity index (χ3n) is 6.31. The summed E-state index contributed by atoms with van der Waals surface area (Å²) in [5.41, 5.74) is 3.45. The summed E-state index contributed by atoms with van der Waals surface area (Å²) in [5, 5.41) is 10.2. The molecule has 0 fully saturated rings. The highest BCUT2D eigenvalue weighted by atomic mass is 32.1. The molecule has 4 rings (SSSR count). The van der Waals surface area contributed by atoms with Crippen LogP contribution in [0, 0.1) is 0 Å². The number of ether oxygens (including phenoxy) is 2. The number of aromatic hydroxyl groups is 1. The standard InChI is InChI=1S/C29H32N2O5S/c1-6-8-21-25(28(34)36-7-2)26(20-12-10-19(11-13-20)17(3)4)31-27(33)24(37-29(31)30-21)16-18-9-14-23(35-5)22(32)15-18/h9-17,26,32H,6-8H2,1-5H3/b24-16-/t26-/m0/s1. The lowest BCUT2D eigenvalue weighted by Gasteiger charge is -2.26. The highest BCUT2D eigenvalue weighted by Crippen LogP contribution is 2.33. The van der Waals surface area contributed by atoms with Gasteiger partial charge in [-0.15, -0.1) is 0 Å². The maximum Gasteiger partial charge on any atom is 0.338 e. The summed E-state index contributed by atoms with van der Waals surface area (Å²) in [6, 6.07) is 12.4. The molecule has 8 heteroatoms. The lowest BCUT2D eigenvalue weighted by atomic mass is 9.92. The van der Waals surface area contributed by atoms with Gasteiger partial charge < -0.3 is 14.6 Å². The van der Waals surface area contributed by atoms with Crippen molar-refractivity contribution in [1.82, 2.24) is 4.57 Å². The van der Waals surface area contributed by atoms with Crippen LogP contribution in [0.25, 0.3) is 6.08 Å². The van der Waals surface area contributed by atoms with Crippen molar-refractivity contribution in [3.63, 3.8) is 0 Å². The van der Waals surface area contributed by atoms with Gasteiger partial charge in [-0.3, -0.25) is 9.36 Å². The Morgan fingerprint density at radius 3 is 2.51 bits per heavy atom. The number of rotatable bonds is 8. The summed E-state index contributed by atoms with van der Waals surface area (Å²) in [5.74, 6) is 0.239. The van der Waals surface area contributed by atoms with E-state index < -0.39 is 12.0 Å². The van der Waals surface area contributed by atoms with Crippen LogP contribution in [0.1, 0.15) is 69.2 Å². The van der Waals surface area contributed by atoms with E-state index in [-0.39, 0.29) is 17.9 Å². The molecule has 2 aromatic carbocycles. The van der Waals surface area contributed by atoms with Crippen molar-refractivity contribution in [3.05, 3.63) is 90.1 Å². The van der Waals surface area contributed by atoms with E-state index in [1.165, 1.54) is 24.0 Å². The monoisotopic (exact) mass is 520 g/mol. The van der Waals surface area contributed by atoms with Crippen LogP contribution >= 0.6 is 11.3 Å². The van der Waals surface area contributed by atoms with Crippen molar-refractivity contribution in [3.8, 4) is 11.5 Å². The summed E-state index contributed by atoms with van der Waals surface area (Å²) in [6.45, 7) is 8.27. The summed E-state index contributed by atoms with van der Waals surface area (Å²) in [4.78, 5) is 32.4. The Bertz CT molecular complexity index is 1510. The van der Waals surface area contributed by atoms with Crippen molar-refractivity contribution in [2.75, 3.05) is 13.7 Å². The van der Waals surface area contributed by atoms with Gasteiger partial charge in [0.25, 0.3) is 5.56 Å². The first kappa shape index (κ1) is 26.4. The number of fused-ring (bicyclic) bond motifs is 1. The molecule has 0 bridgehead atoms. The van der Waals surface area contributed by atoms with E-state index in [0.29, 0.717) is 44.3 Å². The van der Waals surface area contributed by atoms with Crippen molar-refractivity contribution in [1.29, 1.82) is 0 Å². The fraction of sp³-hybridized carbons (Fsp3) is 0.345. The predicted molar refractivity (Wildman–Crippen MR) is 145 cm³/mol. The molecule has 1 aliphatic heterocycles. The molecule has 2 heterocycles. The van der Waals surface area contributed by atoms with Gasteiger partial charge in [0, 0.05) is 0 Å². The van der Waals surface area contributed by atoms with Crippen LogP contribution in [0.15, 0.2) is 63.5 Å². The SMILES string of the molecule is CCCC1=C(C(=O)OCC)[C@H](c2ccc(C(C)C)cc2)n2c(s/c(=C\c3ccc(OC)c(O)c3)c2=O)=N1. The molecule has 194 valence electrons. The van der Waals surface area contributed by atoms with Gasteiger partial charge in [-0.05, 0) is 54.2 Å². The first-order valence-electron chi connectivity index (χ1n) is 12.5. The maximum absolute atomic E-state index is 13.8. The molecule has 0 aliphatic carbocycles. The fourth-order valence-corrected chi connectivity index (χ4v) is 5.47. The first-order valence-corrected chi connectivity index (χ1v) is 13.3. The molecule has 1 atom stereocenters. The number of thiazole rings is 1. The molecule has 0 amide bonds. The third kappa shape index (κ3) is 5.25. The Morgan fingerprint density at radius 1 is 1.19 bits per heavy atom. The number of carbonyl (C=O) groups excluding carboxylic acids is 1. The summed E-state index contributed by atoms with van der Waals surface area (Å²) in [7, 11) is 1.48. The summed E-state index contributed by atoms with van der Waals surface area (Å²) < 4.78 is 12.6. The van der Waals surface area contributed by atoms with Gasteiger partial charge in [0.2, 0.25) is 0 Å². The summed E-state index contributed by atoms with van der Waals surface area (Å²) >= 11 is 1.26. The van der Waals surface area contributed by atoms with Crippen molar-refractivity contribution >= 4 is 23.4 Å². The minimum absolute atomic E-state index is 0.0121. The van der Waals surface area contributed by atoms with Crippen molar-refractivity contribution in [2.24, 2.45) is 4.99 Å². The molecule has 0 saturated carbocycles. The molecule has 7 nitrogen and oxygen atoms in total. The van der Waals surface area contributed by atoms with Crippen molar-refractivity contribution < 1.29 is 19.4 Å². The highest BCUT2D eigenvalue weighted by molar-refractivity contribution is 7.07. The Labute approximate surface area is 220 Å². The zero-order valence-corrected chi connectivity index (χ0v) is 22.6. The molecule has 0 unspecified atom stereocenters. The number of methoxy groups -OCH3 is 1. The lowest BCUT2D eigenvalue weighted by Crippen LogP contribution is -2.40. The number of hydrogen-bond acceptors (Lipinski definition) is 7. The highest BCUT2D eigenvalue weighted by Gasteiger charge is 2.34. The van der Waals surface area contributed by atoms with Gasteiger partial charge in [-0.2, -0.15) is 0 Å². The zero-order valence-electron chi connectivity index (χ0n) is 21.8. The zero-order chi connectivity index (χ0) is 26.7. The number of hydrogen-bond donors (Lipinski definition) is 1. The fourth-order valence-electron chi connectivity index (χ4n) is 4.45. The number of phenols is 1. The minimum Gasteiger partial charge on any atom is -0.504 e. The normalized spacial score (nSPS) is 15.5. The largest absolute Gasteiger partial charge is 0.504 e. The molecule has 0 saturated heterocycles. The number of nitrogens with zero attached hydrogens (tertiary/aromatic N) is 2. The Hall–Kier alpha value is -3.65.